The molecule has 0 aliphatic heterocycles. The van der Waals surface area contributed by atoms with Crippen molar-refractivity contribution in [3.63, 3.8) is 0 Å². The van der Waals surface area contributed by atoms with E-state index in [2.05, 4.69) is 76.4 Å². The second kappa shape index (κ2) is 9.90. The molecule has 4 aliphatic rings. The third-order valence-corrected chi connectivity index (χ3v) is 12.0. The average molecular weight is 549 g/mol. The first-order chi connectivity index (χ1) is 17.1. The van der Waals surface area contributed by atoms with Gasteiger partial charge in [0, 0.05) is 11.5 Å². The minimum Gasteiger partial charge on any atom is -0.414 e. The van der Waals surface area contributed by atoms with Crippen LogP contribution in [0.3, 0.4) is 0 Å². The Morgan fingerprint density at radius 3 is 2.24 bits per heavy atom. The lowest BCUT2D eigenvalue weighted by Gasteiger charge is -2.63. The SMILES string of the molecule is CO/N=C1\C=C2CC[C@@H]3[C@H]([C@@H](O[Si](C)(C)C)C[C@@]4(C)[C@H]3CC[C@]4(O[Si](C)(C)C)/C(C)=N\OC)[C@@]2(C)CC1. The van der Waals surface area contributed by atoms with Gasteiger partial charge in [-0.15, -0.1) is 0 Å². The smallest absolute Gasteiger partial charge is 0.185 e. The van der Waals surface area contributed by atoms with Gasteiger partial charge in [-0.2, -0.15) is 0 Å². The third kappa shape index (κ3) is 5.05. The second-order valence-electron chi connectivity index (χ2n) is 14.5. The van der Waals surface area contributed by atoms with Crippen molar-refractivity contribution in [3.05, 3.63) is 11.6 Å². The first-order valence-electron chi connectivity index (χ1n) is 14.4. The van der Waals surface area contributed by atoms with Gasteiger partial charge in [0.2, 0.25) is 0 Å². The number of oxime groups is 2. The molecule has 0 unspecified atom stereocenters. The van der Waals surface area contributed by atoms with Gasteiger partial charge in [-0.1, -0.05) is 29.7 Å². The van der Waals surface area contributed by atoms with E-state index in [9.17, 15) is 0 Å². The molecule has 0 heterocycles. The van der Waals surface area contributed by atoms with E-state index in [0.717, 1.165) is 43.5 Å². The van der Waals surface area contributed by atoms with Gasteiger partial charge in [0.05, 0.1) is 11.4 Å². The predicted molar refractivity (Wildman–Crippen MR) is 157 cm³/mol. The first-order valence-corrected chi connectivity index (χ1v) is 21.2. The maximum Gasteiger partial charge on any atom is 0.185 e. The van der Waals surface area contributed by atoms with Crippen molar-refractivity contribution >= 4 is 28.1 Å². The van der Waals surface area contributed by atoms with E-state index in [1.807, 2.05) is 0 Å². The van der Waals surface area contributed by atoms with Crippen LogP contribution in [0, 0.1) is 28.6 Å². The van der Waals surface area contributed by atoms with Gasteiger partial charge < -0.3 is 18.5 Å². The number of hydrogen-bond acceptors (Lipinski definition) is 6. The molecule has 0 bridgehead atoms. The zero-order valence-corrected chi connectivity index (χ0v) is 27.4. The monoisotopic (exact) mass is 548 g/mol. The van der Waals surface area contributed by atoms with Crippen LogP contribution in [0.15, 0.2) is 22.0 Å². The summed E-state index contributed by atoms with van der Waals surface area (Å²) in [6, 6.07) is 0. The number of rotatable bonds is 7. The summed E-state index contributed by atoms with van der Waals surface area (Å²) in [5, 5.41) is 8.88. The van der Waals surface area contributed by atoms with Crippen LogP contribution in [0.5, 0.6) is 0 Å². The van der Waals surface area contributed by atoms with E-state index in [-0.39, 0.29) is 16.9 Å². The van der Waals surface area contributed by atoms with Crippen molar-refractivity contribution in [1.82, 2.24) is 0 Å². The highest BCUT2D eigenvalue weighted by atomic mass is 28.4. The van der Waals surface area contributed by atoms with Crippen LogP contribution >= 0.6 is 0 Å². The minimum absolute atomic E-state index is 0.0419. The first kappa shape index (κ1) is 29.0. The molecule has 210 valence electrons. The lowest BCUT2D eigenvalue weighted by Crippen LogP contribution is -2.64. The molecule has 0 aromatic heterocycles. The fourth-order valence-corrected chi connectivity index (χ4v) is 11.6. The quantitative estimate of drug-likeness (QED) is 0.189. The van der Waals surface area contributed by atoms with Gasteiger partial charge in [-0.05, 0) is 120 Å². The molecule has 8 heteroatoms. The molecule has 0 saturated heterocycles. The Hall–Kier alpha value is -0.966. The van der Waals surface area contributed by atoms with Crippen LogP contribution < -0.4 is 0 Å². The Balaban J connectivity index is 1.83. The van der Waals surface area contributed by atoms with E-state index in [4.69, 9.17) is 18.5 Å². The highest BCUT2D eigenvalue weighted by Gasteiger charge is 2.69. The fourth-order valence-electron chi connectivity index (χ4n) is 8.97. The summed E-state index contributed by atoms with van der Waals surface area (Å²) in [5.41, 5.74) is 3.36. The minimum atomic E-state index is -1.88. The molecule has 0 N–H and O–H groups in total. The van der Waals surface area contributed by atoms with E-state index in [1.54, 1.807) is 19.8 Å². The Morgan fingerprint density at radius 1 is 0.946 bits per heavy atom. The van der Waals surface area contributed by atoms with Gasteiger partial charge in [0.25, 0.3) is 0 Å². The summed E-state index contributed by atoms with van der Waals surface area (Å²) in [6.45, 7) is 21.2. The maximum atomic E-state index is 7.25. The number of allylic oxidation sites excluding steroid dienone is 2. The fraction of sp³-hybridized carbons (Fsp3) is 0.862. The summed E-state index contributed by atoms with van der Waals surface area (Å²) in [5.74, 6) is 1.72. The molecule has 0 spiro atoms. The van der Waals surface area contributed by atoms with Gasteiger partial charge in [-0.25, -0.2) is 0 Å². The van der Waals surface area contributed by atoms with E-state index in [0.29, 0.717) is 17.8 Å². The molecule has 3 saturated carbocycles. The number of hydrogen-bond donors (Lipinski definition) is 0. The van der Waals surface area contributed by atoms with Crippen molar-refractivity contribution in [2.75, 3.05) is 14.2 Å². The lowest BCUT2D eigenvalue weighted by atomic mass is 9.45. The van der Waals surface area contributed by atoms with Gasteiger partial charge in [0.1, 0.15) is 19.8 Å². The van der Waals surface area contributed by atoms with Crippen molar-refractivity contribution < 1.29 is 18.5 Å². The van der Waals surface area contributed by atoms with Crippen molar-refractivity contribution in [2.45, 2.75) is 117 Å². The van der Waals surface area contributed by atoms with Crippen molar-refractivity contribution in [3.8, 4) is 0 Å². The van der Waals surface area contributed by atoms with Crippen LogP contribution in [0.4, 0.5) is 0 Å². The molecular formula is C29H52N2O4Si2. The summed E-state index contributed by atoms with van der Waals surface area (Å²) in [7, 11) is -0.369. The highest BCUT2D eigenvalue weighted by Crippen LogP contribution is 2.69. The van der Waals surface area contributed by atoms with Gasteiger partial charge in [0.15, 0.2) is 16.6 Å². The van der Waals surface area contributed by atoms with Crippen LogP contribution in [-0.4, -0.2) is 54.0 Å². The third-order valence-electron chi connectivity index (χ3n) is 10.0. The van der Waals surface area contributed by atoms with Gasteiger partial charge >= 0.3 is 0 Å². The molecule has 0 aromatic rings. The normalized spacial score (nSPS) is 41.5. The maximum absolute atomic E-state index is 7.25. The van der Waals surface area contributed by atoms with Crippen LogP contribution in [0.2, 0.25) is 39.3 Å². The van der Waals surface area contributed by atoms with E-state index in [1.165, 1.54) is 12.8 Å². The van der Waals surface area contributed by atoms with Crippen LogP contribution in [0.25, 0.3) is 0 Å². The van der Waals surface area contributed by atoms with E-state index < -0.39 is 22.2 Å². The molecular weight excluding hydrogens is 497 g/mol. The van der Waals surface area contributed by atoms with Crippen molar-refractivity contribution in [2.24, 2.45) is 38.9 Å². The molecule has 4 rings (SSSR count). The van der Waals surface area contributed by atoms with Crippen molar-refractivity contribution in [1.29, 1.82) is 0 Å². The topological polar surface area (TPSA) is 61.6 Å². The van der Waals surface area contributed by atoms with Crippen LogP contribution in [-0.2, 0) is 18.5 Å². The second-order valence-corrected chi connectivity index (χ2v) is 23.4. The molecule has 3 fully saturated rings. The zero-order chi connectivity index (χ0) is 27.4. The van der Waals surface area contributed by atoms with Gasteiger partial charge in [-0.3, -0.25) is 0 Å². The molecule has 0 amide bonds. The lowest BCUT2D eigenvalue weighted by molar-refractivity contribution is -0.142. The summed E-state index contributed by atoms with van der Waals surface area (Å²) < 4.78 is 14.5. The standard InChI is InChI=1S/C29H52N2O4Si2/c1-20(30-32-4)29(35-37(9,10)11)17-15-24-23-13-12-21-18-22(31-33-5)14-16-27(21,2)26(23)25(19-28(24,29)3)34-36(6,7)8/h18,23-26H,12-17,19H2,1-11H3/b30-20-,31-22-/t23-,24-,25-,26+,27-,28-,29-/m0/s1. The summed E-state index contributed by atoms with van der Waals surface area (Å²) in [4.78, 5) is 10.5. The molecule has 7 atom stereocenters. The number of nitrogens with zero attached hydrogens (tertiary/aromatic N) is 2. The molecule has 37 heavy (non-hydrogen) atoms. The highest BCUT2D eigenvalue weighted by molar-refractivity contribution is 6.70. The average Bonchev–Trinajstić information content (AvgIpc) is 3.04. The largest absolute Gasteiger partial charge is 0.414 e. The molecule has 0 aromatic carbocycles. The Morgan fingerprint density at radius 2 is 1.65 bits per heavy atom. The zero-order valence-electron chi connectivity index (χ0n) is 25.4. The van der Waals surface area contributed by atoms with E-state index >= 15 is 0 Å². The molecule has 0 radical (unpaired) electrons. The predicted octanol–water partition coefficient (Wildman–Crippen LogP) is 7.39. The summed E-state index contributed by atoms with van der Waals surface area (Å²) >= 11 is 0. The Labute approximate surface area is 227 Å². The van der Waals surface area contributed by atoms with Crippen LogP contribution in [0.1, 0.15) is 65.7 Å². The Kier molecular flexibility index (Phi) is 7.76. The summed E-state index contributed by atoms with van der Waals surface area (Å²) in [6.07, 6.45) is 10.2. The molecule has 6 nitrogen and oxygen atoms in total. The number of fused-ring (bicyclic) bond motifs is 5. The molecule has 4 aliphatic carbocycles. The Bertz CT molecular complexity index is 968.